The minimum atomic E-state index is -1.71. The fourth-order valence-corrected chi connectivity index (χ4v) is 8.33. The second-order valence-corrected chi connectivity index (χ2v) is 18.7. The highest BCUT2D eigenvalue weighted by Crippen LogP contribution is 2.26. The molecule has 0 saturated carbocycles. The van der Waals surface area contributed by atoms with E-state index in [-0.39, 0.29) is 25.6 Å². The summed E-state index contributed by atoms with van der Waals surface area (Å²) in [6.45, 7) is 3.66. The second-order valence-electron chi connectivity index (χ2n) is 18.7. The predicted molar refractivity (Wildman–Crippen MR) is 257 cm³/mol. The molecule has 11 atom stereocenters. The number of unbranched alkanes of at least 4 members (excludes halogenated alkanes) is 24. The summed E-state index contributed by atoms with van der Waals surface area (Å²) in [5.41, 5.74) is 0. The zero-order chi connectivity index (χ0) is 48.0. The number of aliphatic hydroxyl groups is 7. The smallest absolute Gasteiger partial charge is 0.306 e. The van der Waals surface area contributed by atoms with E-state index in [0.717, 1.165) is 57.8 Å². The fraction of sp³-hybridized carbons (Fsp3) is 0.904. The third-order valence-corrected chi connectivity index (χ3v) is 12.7. The molecular weight excluding hydrogens is 849 g/mol. The Morgan fingerprint density at radius 3 is 1.41 bits per heavy atom. The number of allylic oxidation sites excluding steroid dienone is 4. The van der Waals surface area contributed by atoms with Gasteiger partial charge in [-0.05, 0) is 64.2 Å². The van der Waals surface area contributed by atoms with E-state index in [9.17, 15) is 40.5 Å². The summed E-state index contributed by atoms with van der Waals surface area (Å²) >= 11 is 0. The molecule has 2 aliphatic heterocycles. The summed E-state index contributed by atoms with van der Waals surface area (Å²) in [6, 6.07) is 0. The molecule has 2 aliphatic rings. The van der Waals surface area contributed by atoms with Crippen molar-refractivity contribution >= 4 is 5.97 Å². The maximum absolute atomic E-state index is 13.0. The summed E-state index contributed by atoms with van der Waals surface area (Å²) < 4.78 is 34.3. The van der Waals surface area contributed by atoms with Crippen molar-refractivity contribution in [3.63, 3.8) is 0 Å². The average molecular weight is 945 g/mol. The van der Waals surface area contributed by atoms with Crippen LogP contribution in [0.4, 0.5) is 0 Å². The van der Waals surface area contributed by atoms with E-state index in [1.165, 1.54) is 116 Å². The van der Waals surface area contributed by atoms with Gasteiger partial charge in [0.05, 0.1) is 26.4 Å². The van der Waals surface area contributed by atoms with Gasteiger partial charge in [0.15, 0.2) is 12.6 Å². The van der Waals surface area contributed by atoms with Crippen LogP contribution < -0.4 is 0 Å². The molecule has 66 heavy (non-hydrogen) atoms. The molecule has 0 spiro atoms. The molecule has 388 valence electrons. The van der Waals surface area contributed by atoms with Crippen LogP contribution in [0.2, 0.25) is 0 Å². The molecule has 14 nitrogen and oxygen atoms in total. The first-order chi connectivity index (χ1) is 32.1. The van der Waals surface area contributed by atoms with E-state index >= 15 is 0 Å². The standard InChI is InChI=1S/C52H96O14/c1-3-5-7-9-11-13-15-17-18-19-20-21-22-23-24-26-28-30-32-34-36-61-38-41(64-44(54)35-33-31-29-27-25-16-14-12-10-8-6-4-2)39-62-51-50(60)48(58)46(56)43(66-51)40-63-52-49(59)47(57)45(55)42(37-53)65-52/h12,14,17-18,41-43,45-53,55-60H,3-11,13,15-16,19-40H2,1-2H3/b14-12-,18-17-. The van der Waals surface area contributed by atoms with Crippen molar-refractivity contribution in [3.05, 3.63) is 24.3 Å². The van der Waals surface area contributed by atoms with Crippen molar-refractivity contribution in [2.45, 2.75) is 268 Å². The van der Waals surface area contributed by atoms with E-state index in [1.807, 2.05) is 0 Å². The molecular formula is C52H96O14. The minimum absolute atomic E-state index is 0.0598. The van der Waals surface area contributed by atoms with Crippen LogP contribution in [0.25, 0.3) is 0 Å². The lowest BCUT2D eigenvalue weighted by Gasteiger charge is -2.42. The number of hydrogen-bond acceptors (Lipinski definition) is 14. The first-order valence-corrected chi connectivity index (χ1v) is 26.4. The molecule has 2 heterocycles. The summed E-state index contributed by atoms with van der Waals surface area (Å²) in [5, 5.41) is 72.1. The Morgan fingerprint density at radius 1 is 0.485 bits per heavy atom. The Labute approximate surface area is 398 Å². The van der Waals surface area contributed by atoms with Crippen LogP contribution in [0, 0.1) is 0 Å². The number of aliphatic hydroxyl groups excluding tert-OH is 7. The molecule has 0 aliphatic carbocycles. The van der Waals surface area contributed by atoms with Crippen molar-refractivity contribution in [1.29, 1.82) is 0 Å². The first-order valence-electron chi connectivity index (χ1n) is 26.4. The lowest BCUT2D eigenvalue weighted by atomic mass is 9.98. The van der Waals surface area contributed by atoms with E-state index in [2.05, 4.69) is 38.2 Å². The maximum atomic E-state index is 13.0. The first kappa shape index (κ1) is 60.6. The van der Waals surface area contributed by atoms with Gasteiger partial charge in [0.2, 0.25) is 0 Å². The molecule has 14 heteroatoms. The second kappa shape index (κ2) is 40.2. The number of esters is 1. The number of carbonyl (C=O) groups excluding carboxylic acids is 1. The van der Waals surface area contributed by atoms with Crippen molar-refractivity contribution in [3.8, 4) is 0 Å². The highest BCUT2D eigenvalue weighted by atomic mass is 16.7. The largest absolute Gasteiger partial charge is 0.457 e. The van der Waals surface area contributed by atoms with Gasteiger partial charge in [0.25, 0.3) is 0 Å². The fourth-order valence-electron chi connectivity index (χ4n) is 8.33. The van der Waals surface area contributed by atoms with Gasteiger partial charge in [-0.3, -0.25) is 4.79 Å². The Morgan fingerprint density at radius 2 is 0.894 bits per heavy atom. The molecule has 2 fully saturated rings. The van der Waals surface area contributed by atoms with Gasteiger partial charge in [0, 0.05) is 13.0 Å². The summed E-state index contributed by atoms with van der Waals surface area (Å²) in [6.07, 6.45) is 26.7. The quantitative estimate of drug-likeness (QED) is 0.0175. The van der Waals surface area contributed by atoms with Crippen molar-refractivity contribution in [2.75, 3.05) is 33.0 Å². The van der Waals surface area contributed by atoms with Crippen LogP contribution in [-0.2, 0) is 33.2 Å². The van der Waals surface area contributed by atoms with Gasteiger partial charge in [-0.25, -0.2) is 0 Å². The minimum Gasteiger partial charge on any atom is -0.457 e. The molecule has 2 rings (SSSR count). The lowest BCUT2D eigenvalue weighted by Crippen LogP contribution is -2.61. The number of carbonyl (C=O) groups is 1. The molecule has 0 aromatic carbocycles. The molecule has 0 aromatic heterocycles. The summed E-state index contributed by atoms with van der Waals surface area (Å²) in [7, 11) is 0. The Bertz CT molecular complexity index is 1190. The monoisotopic (exact) mass is 945 g/mol. The SMILES string of the molecule is CCCCC/C=C\CCCCCCCC(=O)OC(COCCCCCCCCCCCC/C=C\CCCCCCCC)COC1OC(COC2OC(CO)C(O)C(O)C2O)C(O)C(O)C1O. The Hall–Kier alpha value is -1.53. The van der Waals surface area contributed by atoms with E-state index in [0.29, 0.717) is 13.0 Å². The molecule has 7 N–H and O–H groups in total. The van der Waals surface area contributed by atoms with Gasteiger partial charge < -0.3 is 64.2 Å². The van der Waals surface area contributed by atoms with Gasteiger partial charge in [0.1, 0.15) is 54.9 Å². The Kier molecular flexibility index (Phi) is 36.9. The lowest BCUT2D eigenvalue weighted by molar-refractivity contribution is -0.332. The van der Waals surface area contributed by atoms with E-state index < -0.39 is 80.7 Å². The zero-order valence-corrected chi connectivity index (χ0v) is 41.2. The molecule has 11 unspecified atom stereocenters. The van der Waals surface area contributed by atoms with Gasteiger partial charge in [-0.1, -0.05) is 154 Å². The predicted octanol–water partition coefficient (Wildman–Crippen LogP) is 8.02. The normalized spacial score (nSPS) is 26.4. The van der Waals surface area contributed by atoms with Crippen molar-refractivity contribution < 1.29 is 69.0 Å². The van der Waals surface area contributed by atoms with Crippen LogP contribution in [0.3, 0.4) is 0 Å². The topological polar surface area (TPSA) is 214 Å². The van der Waals surface area contributed by atoms with E-state index in [1.54, 1.807) is 0 Å². The van der Waals surface area contributed by atoms with Gasteiger partial charge in [-0.15, -0.1) is 0 Å². The third-order valence-electron chi connectivity index (χ3n) is 12.7. The zero-order valence-electron chi connectivity index (χ0n) is 41.2. The summed E-state index contributed by atoms with van der Waals surface area (Å²) in [5.74, 6) is -0.385. The molecule has 0 amide bonds. The Balaban J connectivity index is 1.73. The van der Waals surface area contributed by atoms with Crippen LogP contribution in [0.15, 0.2) is 24.3 Å². The van der Waals surface area contributed by atoms with Crippen LogP contribution in [0.1, 0.15) is 200 Å². The maximum Gasteiger partial charge on any atom is 0.306 e. The van der Waals surface area contributed by atoms with Gasteiger partial charge in [-0.2, -0.15) is 0 Å². The molecule has 0 bridgehead atoms. The number of rotatable bonds is 42. The number of ether oxygens (including phenoxy) is 6. The van der Waals surface area contributed by atoms with E-state index in [4.69, 9.17) is 28.4 Å². The van der Waals surface area contributed by atoms with Crippen molar-refractivity contribution in [1.82, 2.24) is 0 Å². The highest BCUT2D eigenvalue weighted by Gasteiger charge is 2.47. The van der Waals surface area contributed by atoms with Crippen LogP contribution in [-0.4, -0.2) is 142 Å². The molecule has 0 radical (unpaired) electrons. The number of hydrogen-bond donors (Lipinski definition) is 7. The molecule has 0 aromatic rings. The molecule has 2 saturated heterocycles. The van der Waals surface area contributed by atoms with Gasteiger partial charge >= 0.3 is 5.97 Å². The van der Waals surface area contributed by atoms with Crippen LogP contribution in [0.5, 0.6) is 0 Å². The average Bonchev–Trinajstić information content (AvgIpc) is 3.31. The third kappa shape index (κ3) is 27.6. The van der Waals surface area contributed by atoms with Crippen LogP contribution >= 0.6 is 0 Å². The van der Waals surface area contributed by atoms with Crippen molar-refractivity contribution in [2.24, 2.45) is 0 Å². The summed E-state index contributed by atoms with van der Waals surface area (Å²) in [4.78, 5) is 13.0. The highest BCUT2D eigenvalue weighted by molar-refractivity contribution is 5.69.